The van der Waals surface area contributed by atoms with Gasteiger partial charge in [0.05, 0.1) is 10.7 Å². The van der Waals surface area contributed by atoms with Crippen LogP contribution in [0.5, 0.6) is 0 Å². The second-order valence-electron chi connectivity index (χ2n) is 5.63. The van der Waals surface area contributed by atoms with Crippen LogP contribution in [0, 0.1) is 5.82 Å². The standard InChI is InChI=1S/C17H14ClFN4O2S/c1-23(2)17-20-7-10(8-21-17)16-22-15(13(26-16)6-14(24)25)9-3-4-11(18)12(19)5-9/h3-5,7-8H,6H2,1-2H3,(H,24,25)/p-1. The van der Waals surface area contributed by atoms with Crippen LogP contribution in [0.2, 0.25) is 5.02 Å². The van der Waals surface area contributed by atoms with E-state index in [0.29, 0.717) is 32.7 Å². The Kier molecular flexibility index (Phi) is 5.15. The zero-order valence-corrected chi connectivity index (χ0v) is 15.4. The maximum absolute atomic E-state index is 13.8. The van der Waals surface area contributed by atoms with E-state index in [4.69, 9.17) is 11.6 Å². The molecular formula is C17H13ClFN4O2S-. The Balaban J connectivity index is 2.06. The number of aromatic nitrogens is 3. The van der Waals surface area contributed by atoms with Gasteiger partial charge in [-0.05, 0) is 12.1 Å². The number of aliphatic carboxylic acids is 1. The van der Waals surface area contributed by atoms with E-state index >= 15 is 0 Å². The fraction of sp³-hybridized carbons (Fsp3) is 0.176. The minimum absolute atomic E-state index is 0.0154. The summed E-state index contributed by atoms with van der Waals surface area (Å²) in [6, 6.07) is 4.23. The van der Waals surface area contributed by atoms with E-state index in [1.807, 2.05) is 14.1 Å². The van der Waals surface area contributed by atoms with Crippen LogP contribution in [0.3, 0.4) is 0 Å². The fourth-order valence-electron chi connectivity index (χ4n) is 2.26. The molecule has 0 aliphatic rings. The summed E-state index contributed by atoms with van der Waals surface area (Å²) in [7, 11) is 3.65. The largest absolute Gasteiger partial charge is 0.550 e. The lowest BCUT2D eigenvalue weighted by Crippen LogP contribution is -2.24. The third-order valence-electron chi connectivity index (χ3n) is 3.48. The summed E-state index contributed by atoms with van der Waals surface area (Å²) in [4.78, 5) is 26.2. The first-order chi connectivity index (χ1) is 12.3. The van der Waals surface area contributed by atoms with E-state index < -0.39 is 11.8 Å². The van der Waals surface area contributed by atoms with Crippen molar-refractivity contribution < 1.29 is 14.3 Å². The van der Waals surface area contributed by atoms with Crippen LogP contribution in [0.1, 0.15) is 4.88 Å². The first-order valence-corrected chi connectivity index (χ1v) is 8.69. The number of carboxylic acids is 1. The number of hydrogen-bond donors (Lipinski definition) is 0. The molecule has 2 aromatic heterocycles. The molecule has 0 radical (unpaired) electrons. The van der Waals surface area contributed by atoms with Gasteiger partial charge < -0.3 is 14.8 Å². The highest BCUT2D eigenvalue weighted by Gasteiger charge is 2.16. The summed E-state index contributed by atoms with van der Waals surface area (Å²) >= 11 is 6.90. The Labute approximate surface area is 157 Å². The zero-order valence-electron chi connectivity index (χ0n) is 13.9. The van der Waals surface area contributed by atoms with Gasteiger partial charge in [0.2, 0.25) is 5.95 Å². The number of rotatable bonds is 5. The predicted octanol–water partition coefficient (Wildman–Crippen LogP) is 2.42. The van der Waals surface area contributed by atoms with Crippen molar-refractivity contribution in [2.75, 3.05) is 19.0 Å². The van der Waals surface area contributed by atoms with Gasteiger partial charge in [0.15, 0.2) is 0 Å². The summed E-state index contributed by atoms with van der Waals surface area (Å²) in [6.07, 6.45) is 2.89. The molecule has 0 saturated carbocycles. The molecule has 0 spiro atoms. The van der Waals surface area contributed by atoms with Crippen molar-refractivity contribution in [2.45, 2.75) is 6.42 Å². The predicted molar refractivity (Wildman–Crippen MR) is 96.6 cm³/mol. The molecule has 2 heterocycles. The number of anilines is 1. The van der Waals surface area contributed by atoms with E-state index in [1.165, 1.54) is 23.5 Å². The van der Waals surface area contributed by atoms with Crippen LogP contribution < -0.4 is 10.0 Å². The van der Waals surface area contributed by atoms with Crippen LogP contribution in [0.15, 0.2) is 30.6 Å². The second-order valence-corrected chi connectivity index (χ2v) is 7.13. The molecule has 0 bridgehead atoms. The number of carbonyl (C=O) groups excluding carboxylic acids is 1. The molecule has 0 unspecified atom stereocenters. The number of carbonyl (C=O) groups is 1. The monoisotopic (exact) mass is 391 g/mol. The molecule has 9 heteroatoms. The third kappa shape index (κ3) is 3.81. The smallest absolute Gasteiger partial charge is 0.224 e. The number of hydrogen-bond acceptors (Lipinski definition) is 7. The highest BCUT2D eigenvalue weighted by atomic mass is 35.5. The molecule has 1 aromatic carbocycles. The molecule has 3 rings (SSSR count). The van der Waals surface area contributed by atoms with Crippen molar-refractivity contribution in [3.63, 3.8) is 0 Å². The Morgan fingerprint density at radius 3 is 2.54 bits per heavy atom. The molecule has 0 N–H and O–H groups in total. The average molecular weight is 392 g/mol. The fourth-order valence-corrected chi connectivity index (χ4v) is 3.42. The molecule has 0 aliphatic heterocycles. The molecule has 0 amide bonds. The van der Waals surface area contributed by atoms with E-state index in [1.54, 1.807) is 23.4 Å². The van der Waals surface area contributed by atoms with Crippen LogP contribution in [-0.4, -0.2) is 35.0 Å². The Bertz CT molecular complexity index is 960. The molecule has 0 fully saturated rings. The van der Waals surface area contributed by atoms with Gasteiger partial charge in [0, 0.05) is 54.9 Å². The van der Waals surface area contributed by atoms with Crippen molar-refractivity contribution in [2.24, 2.45) is 0 Å². The number of carboxylic acid groups (broad SMARTS) is 1. The summed E-state index contributed by atoms with van der Waals surface area (Å²) in [5.74, 6) is -1.30. The van der Waals surface area contributed by atoms with Crippen LogP contribution in [0.4, 0.5) is 10.3 Å². The number of halogens is 2. The topological polar surface area (TPSA) is 82.0 Å². The van der Waals surface area contributed by atoms with Gasteiger partial charge in [-0.1, -0.05) is 17.7 Å². The minimum Gasteiger partial charge on any atom is -0.550 e. The quantitative estimate of drug-likeness (QED) is 0.664. The Hall–Kier alpha value is -2.58. The van der Waals surface area contributed by atoms with Gasteiger partial charge in [0.1, 0.15) is 10.8 Å². The summed E-state index contributed by atoms with van der Waals surface area (Å²) in [5.41, 5.74) is 1.46. The molecule has 6 nitrogen and oxygen atoms in total. The van der Waals surface area contributed by atoms with Crippen LogP contribution in [-0.2, 0) is 11.2 Å². The van der Waals surface area contributed by atoms with Crippen LogP contribution in [0.25, 0.3) is 21.8 Å². The van der Waals surface area contributed by atoms with Gasteiger partial charge in [-0.15, -0.1) is 11.3 Å². The van der Waals surface area contributed by atoms with Crippen molar-refractivity contribution in [1.82, 2.24) is 15.0 Å². The van der Waals surface area contributed by atoms with Gasteiger partial charge in [-0.3, -0.25) is 0 Å². The Morgan fingerprint density at radius 2 is 1.96 bits per heavy atom. The average Bonchev–Trinajstić information content (AvgIpc) is 3.00. The first kappa shape index (κ1) is 18.2. The van der Waals surface area contributed by atoms with Crippen molar-refractivity contribution in [3.05, 3.63) is 46.3 Å². The number of nitrogens with zero attached hydrogens (tertiary/aromatic N) is 4. The molecule has 0 atom stereocenters. The van der Waals surface area contributed by atoms with Crippen LogP contribution >= 0.6 is 22.9 Å². The highest BCUT2D eigenvalue weighted by molar-refractivity contribution is 7.15. The van der Waals surface area contributed by atoms with E-state index in [2.05, 4.69) is 15.0 Å². The summed E-state index contributed by atoms with van der Waals surface area (Å²) < 4.78 is 13.8. The Morgan fingerprint density at radius 1 is 1.27 bits per heavy atom. The summed E-state index contributed by atoms with van der Waals surface area (Å²) in [6.45, 7) is 0. The molecule has 0 aliphatic carbocycles. The van der Waals surface area contributed by atoms with Crippen molar-refractivity contribution >= 4 is 34.9 Å². The molecule has 26 heavy (non-hydrogen) atoms. The zero-order chi connectivity index (χ0) is 18.8. The van der Waals surface area contributed by atoms with Crippen molar-refractivity contribution in [3.8, 4) is 21.8 Å². The molecular weight excluding hydrogens is 379 g/mol. The molecule has 134 valence electrons. The van der Waals surface area contributed by atoms with E-state index in [9.17, 15) is 14.3 Å². The lowest BCUT2D eigenvalue weighted by Gasteiger charge is -2.08. The minimum atomic E-state index is -1.24. The van der Waals surface area contributed by atoms with Gasteiger partial charge in [0.25, 0.3) is 0 Å². The normalized spacial score (nSPS) is 10.8. The maximum Gasteiger partial charge on any atom is 0.224 e. The van der Waals surface area contributed by atoms with E-state index in [-0.39, 0.29) is 11.4 Å². The molecule has 0 saturated heterocycles. The summed E-state index contributed by atoms with van der Waals surface area (Å²) in [5, 5.41) is 11.6. The SMILES string of the molecule is CN(C)c1ncc(-c2nc(-c3ccc(Cl)c(F)c3)c(CC(=O)[O-])s2)cn1. The molecule has 3 aromatic rings. The van der Waals surface area contributed by atoms with Gasteiger partial charge >= 0.3 is 0 Å². The van der Waals surface area contributed by atoms with Gasteiger partial charge in [-0.25, -0.2) is 19.3 Å². The lowest BCUT2D eigenvalue weighted by molar-refractivity contribution is -0.304. The van der Waals surface area contributed by atoms with Gasteiger partial charge in [-0.2, -0.15) is 0 Å². The number of thiazole rings is 1. The second kappa shape index (κ2) is 7.35. The highest BCUT2D eigenvalue weighted by Crippen LogP contribution is 2.35. The third-order valence-corrected chi connectivity index (χ3v) is 4.89. The maximum atomic E-state index is 13.8. The lowest BCUT2D eigenvalue weighted by atomic mass is 10.1. The van der Waals surface area contributed by atoms with E-state index in [0.717, 1.165) is 0 Å². The first-order valence-electron chi connectivity index (χ1n) is 7.50. The number of benzene rings is 1. The van der Waals surface area contributed by atoms with Crippen molar-refractivity contribution in [1.29, 1.82) is 0 Å².